The molecule has 19 heavy (non-hydrogen) atoms. The second-order valence-electron chi connectivity index (χ2n) is 4.13. The number of aryl methyl sites for hydroxylation is 1. The van der Waals surface area contributed by atoms with Gasteiger partial charge in [-0.2, -0.15) is 0 Å². The van der Waals surface area contributed by atoms with Crippen LogP contribution in [0.15, 0.2) is 35.1 Å². The minimum atomic E-state index is -0.801. The van der Waals surface area contributed by atoms with Crippen molar-refractivity contribution in [1.29, 1.82) is 0 Å². The molecule has 0 saturated heterocycles. The summed E-state index contributed by atoms with van der Waals surface area (Å²) in [7, 11) is 0. The predicted molar refractivity (Wildman–Crippen MR) is 72.2 cm³/mol. The normalized spacial score (nSPS) is 12.5. The van der Waals surface area contributed by atoms with E-state index in [0.29, 0.717) is 15.6 Å². The lowest BCUT2D eigenvalue weighted by Crippen LogP contribution is -2.30. The third kappa shape index (κ3) is 2.80. The van der Waals surface area contributed by atoms with Crippen molar-refractivity contribution < 1.29 is 8.78 Å². The van der Waals surface area contributed by atoms with Crippen LogP contribution >= 0.6 is 15.9 Å². The van der Waals surface area contributed by atoms with Gasteiger partial charge in [0.1, 0.15) is 11.6 Å². The van der Waals surface area contributed by atoms with Gasteiger partial charge < -0.3 is 0 Å². The molecule has 1 aromatic heterocycles. The molecule has 0 fully saturated rings. The summed E-state index contributed by atoms with van der Waals surface area (Å²) in [5.41, 5.74) is 3.25. The summed E-state index contributed by atoms with van der Waals surface area (Å²) >= 11 is 3.27. The van der Waals surface area contributed by atoms with E-state index in [9.17, 15) is 8.78 Å². The molecule has 1 atom stereocenters. The van der Waals surface area contributed by atoms with Crippen molar-refractivity contribution in [3.63, 3.8) is 0 Å². The van der Waals surface area contributed by atoms with Gasteiger partial charge in [-0.3, -0.25) is 10.8 Å². The Morgan fingerprint density at radius 1 is 1.32 bits per heavy atom. The average Bonchev–Trinajstić information content (AvgIpc) is 2.39. The van der Waals surface area contributed by atoms with Gasteiger partial charge in [0, 0.05) is 22.4 Å². The largest absolute Gasteiger partial charge is 0.271 e. The van der Waals surface area contributed by atoms with Crippen LogP contribution in [0.2, 0.25) is 0 Å². The van der Waals surface area contributed by atoms with E-state index >= 15 is 0 Å². The van der Waals surface area contributed by atoms with Gasteiger partial charge in [0.15, 0.2) is 0 Å². The second-order valence-corrected chi connectivity index (χ2v) is 5.04. The van der Waals surface area contributed by atoms with E-state index in [0.717, 1.165) is 0 Å². The molecule has 2 rings (SSSR count). The fraction of sp³-hybridized carbons (Fsp3) is 0.154. The molecule has 0 aliphatic carbocycles. The molecule has 0 amide bonds. The van der Waals surface area contributed by atoms with Gasteiger partial charge in [-0.1, -0.05) is 6.07 Å². The number of hydrogen-bond acceptors (Lipinski definition) is 3. The molecular weight excluding hydrogens is 316 g/mol. The van der Waals surface area contributed by atoms with Gasteiger partial charge in [0.05, 0.1) is 6.04 Å². The summed E-state index contributed by atoms with van der Waals surface area (Å²) in [6.45, 7) is 1.57. The zero-order valence-corrected chi connectivity index (χ0v) is 11.7. The lowest BCUT2D eigenvalue weighted by Gasteiger charge is -2.19. The molecule has 1 aromatic carbocycles. The smallest absolute Gasteiger partial charge is 0.134 e. The topological polar surface area (TPSA) is 50.9 Å². The Bertz CT molecular complexity index is 604. The standard InChI is InChI=1S/C13H12BrF2N3/c1-7-2-3-10(15)11(12(7)16)13(19-17)8-4-9(14)6-18-5-8/h2-6,13,19H,17H2,1H3. The molecule has 0 radical (unpaired) electrons. The van der Waals surface area contributed by atoms with Gasteiger partial charge >= 0.3 is 0 Å². The molecule has 3 nitrogen and oxygen atoms in total. The Morgan fingerprint density at radius 2 is 2.05 bits per heavy atom. The van der Waals surface area contributed by atoms with Crippen molar-refractivity contribution in [1.82, 2.24) is 10.4 Å². The third-order valence-corrected chi connectivity index (χ3v) is 3.27. The highest BCUT2D eigenvalue weighted by Gasteiger charge is 2.22. The van der Waals surface area contributed by atoms with E-state index < -0.39 is 17.7 Å². The Labute approximate surface area is 117 Å². The highest BCUT2D eigenvalue weighted by atomic mass is 79.9. The minimum Gasteiger partial charge on any atom is -0.271 e. The van der Waals surface area contributed by atoms with E-state index in [1.807, 2.05) is 0 Å². The highest BCUT2D eigenvalue weighted by Crippen LogP contribution is 2.28. The van der Waals surface area contributed by atoms with Crippen LogP contribution in [0, 0.1) is 18.6 Å². The summed E-state index contributed by atoms with van der Waals surface area (Å²) in [4.78, 5) is 3.97. The average molecular weight is 328 g/mol. The lowest BCUT2D eigenvalue weighted by atomic mass is 9.98. The first-order valence-corrected chi connectivity index (χ1v) is 6.35. The van der Waals surface area contributed by atoms with Gasteiger partial charge in [0.2, 0.25) is 0 Å². The molecule has 100 valence electrons. The van der Waals surface area contributed by atoms with Gasteiger partial charge in [0.25, 0.3) is 0 Å². The maximum atomic E-state index is 14.1. The van der Waals surface area contributed by atoms with E-state index in [-0.39, 0.29) is 5.56 Å². The number of nitrogens with two attached hydrogens (primary N) is 1. The molecular formula is C13H12BrF2N3. The van der Waals surface area contributed by atoms with Crippen LogP contribution < -0.4 is 11.3 Å². The van der Waals surface area contributed by atoms with E-state index in [2.05, 4.69) is 26.3 Å². The zero-order chi connectivity index (χ0) is 14.0. The van der Waals surface area contributed by atoms with E-state index in [4.69, 9.17) is 5.84 Å². The summed E-state index contributed by atoms with van der Waals surface area (Å²) in [6, 6.07) is 3.52. The van der Waals surface area contributed by atoms with Gasteiger partial charge in [-0.25, -0.2) is 14.2 Å². The Kier molecular flexibility index (Phi) is 4.24. The van der Waals surface area contributed by atoms with Crippen LogP contribution in [0.3, 0.4) is 0 Å². The summed E-state index contributed by atoms with van der Waals surface area (Å²) in [5.74, 6) is 4.19. The molecule has 0 aliphatic heterocycles. The van der Waals surface area contributed by atoms with Crippen LogP contribution in [0.1, 0.15) is 22.7 Å². The van der Waals surface area contributed by atoms with Crippen molar-refractivity contribution >= 4 is 15.9 Å². The Hall–Kier alpha value is -1.37. The quantitative estimate of drug-likeness (QED) is 0.673. The molecule has 0 aliphatic rings. The van der Waals surface area contributed by atoms with Crippen molar-refractivity contribution in [2.45, 2.75) is 13.0 Å². The molecule has 6 heteroatoms. The van der Waals surface area contributed by atoms with Crippen molar-refractivity contribution in [3.8, 4) is 0 Å². The van der Waals surface area contributed by atoms with Crippen molar-refractivity contribution in [3.05, 3.63) is 63.4 Å². The maximum absolute atomic E-state index is 14.1. The number of benzene rings is 1. The molecule has 2 aromatic rings. The first-order chi connectivity index (χ1) is 9.04. The number of aromatic nitrogens is 1. The third-order valence-electron chi connectivity index (χ3n) is 2.83. The summed E-state index contributed by atoms with van der Waals surface area (Å²) < 4.78 is 28.7. The van der Waals surface area contributed by atoms with E-state index in [1.165, 1.54) is 18.3 Å². The molecule has 0 bridgehead atoms. The Balaban J connectivity index is 2.57. The van der Waals surface area contributed by atoms with Crippen molar-refractivity contribution in [2.75, 3.05) is 0 Å². The Morgan fingerprint density at radius 3 is 2.68 bits per heavy atom. The molecule has 0 spiro atoms. The first-order valence-electron chi connectivity index (χ1n) is 5.55. The lowest BCUT2D eigenvalue weighted by molar-refractivity contribution is 0.506. The first kappa shape index (κ1) is 14.0. The number of rotatable bonds is 3. The van der Waals surface area contributed by atoms with Gasteiger partial charge in [-0.15, -0.1) is 0 Å². The van der Waals surface area contributed by atoms with Crippen LogP contribution in [0.4, 0.5) is 8.78 Å². The predicted octanol–water partition coefficient (Wildman–Crippen LogP) is 2.98. The van der Waals surface area contributed by atoms with Crippen LogP contribution in [0.25, 0.3) is 0 Å². The number of hydrogen-bond donors (Lipinski definition) is 2. The van der Waals surface area contributed by atoms with Crippen molar-refractivity contribution in [2.24, 2.45) is 5.84 Å². The fourth-order valence-corrected chi connectivity index (χ4v) is 2.26. The second kappa shape index (κ2) is 5.73. The van der Waals surface area contributed by atoms with Crippen LogP contribution in [-0.4, -0.2) is 4.98 Å². The number of nitrogens with zero attached hydrogens (tertiary/aromatic N) is 1. The highest BCUT2D eigenvalue weighted by molar-refractivity contribution is 9.10. The maximum Gasteiger partial charge on any atom is 0.134 e. The van der Waals surface area contributed by atoms with Crippen LogP contribution in [-0.2, 0) is 0 Å². The molecule has 3 N–H and O–H groups in total. The monoisotopic (exact) mass is 327 g/mol. The number of nitrogens with one attached hydrogen (secondary N) is 1. The summed E-state index contributed by atoms with van der Waals surface area (Å²) in [5, 5.41) is 0. The molecule has 1 heterocycles. The van der Waals surface area contributed by atoms with Crippen LogP contribution in [0.5, 0.6) is 0 Å². The molecule has 1 unspecified atom stereocenters. The SMILES string of the molecule is Cc1ccc(F)c(C(NN)c2cncc(Br)c2)c1F. The van der Waals surface area contributed by atoms with Gasteiger partial charge in [-0.05, 0) is 46.1 Å². The molecule has 0 saturated carbocycles. The zero-order valence-electron chi connectivity index (χ0n) is 10.1. The summed E-state index contributed by atoms with van der Waals surface area (Å²) in [6.07, 6.45) is 3.09. The fourth-order valence-electron chi connectivity index (χ4n) is 1.88. The minimum absolute atomic E-state index is 0.109. The van der Waals surface area contributed by atoms with E-state index in [1.54, 1.807) is 19.2 Å². The number of pyridine rings is 1. The number of halogens is 3. The number of hydrazine groups is 1.